The fraction of sp³-hybridized carbons (Fsp3) is 0.364. The van der Waals surface area contributed by atoms with Crippen LogP contribution in [0.1, 0.15) is 30.5 Å². The fourth-order valence-corrected chi connectivity index (χ4v) is 3.03. The van der Waals surface area contributed by atoms with Gasteiger partial charge in [0, 0.05) is 18.1 Å². The molecule has 0 radical (unpaired) electrons. The molecule has 0 aliphatic rings. The number of aryl methyl sites for hydroxylation is 2. The molecule has 0 spiro atoms. The van der Waals surface area contributed by atoms with Crippen LogP contribution in [0.3, 0.4) is 0 Å². The summed E-state index contributed by atoms with van der Waals surface area (Å²) in [6.07, 6.45) is 0. The number of halogens is 1. The van der Waals surface area contributed by atoms with Crippen LogP contribution in [0, 0.1) is 13.8 Å². The molecule has 150 valence electrons. The van der Waals surface area contributed by atoms with Crippen LogP contribution in [0.25, 0.3) is 0 Å². The quantitative estimate of drug-likeness (QED) is 0.728. The number of likely N-dealkylation sites (N-methyl/N-ethyl adjacent to an activating group) is 1. The summed E-state index contributed by atoms with van der Waals surface area (Å²) in [6, 6.07) is 12.5. The van der Waals surface area contributed by atoms with Gasteiger partial charge < -0.3 is 15.0 Å². The van der Waals surface area contributed by atoms with Gasteiger partial charge in [0.05, 0.1) is 0 Å². The zero-order valence-corrected chi connectivity index (χ0v) is 17.5. The highest BCUT2D eigenvalue weighted by Gasteiger charge is 2.26. The highest BCUT2D eigenvalue weighted by Crippen LogP contribution is 2.20. The monoisotopic (exact) mass is 402 g/mol. The van der Waals surface area contributed by atoms with E-state index < -0.39 is 6.04 Å². The van der Waals surface area contributed by atoms with Crippen LogP contribution in [-0.2, 0) is 16.1 Å². The maximum absolute atomic E-state index is 12.9. The first-order valence-electron chi connectivity index (χ1n) is 9.33. The van der Waals surface area contributed by atoms with Crippen LogP contribution in [0.2, 0.25) is 5.02 Å². The zero-order chi connectivity index (χ0) is 20.7. The average molecular weight is 403 g/mol. The number of carbonyl (C=O) groups is 2. The van der Waals surface area contributed by atoms with Crippen molar-refractivity contribution in [2.45, 2.75) is 40.3 Å². The Morgan fingerprint density at radius 3 is 2.61 bits per heavy atom. The van der Waals surface area contributed by atoms with Gasteiger partial charge in [-0.15, -0.1) is 0 Å². The molecule has 0 aliphatic carbocycles. The Labute approximate surface area is 171 Å². The Kier molecular flexibility index (Phi) is 7.88. The van der Waals surface area contributed by atoms with Crippen molar-refractivity contribution in [1.82, 2.24) is 10.2 Å². The molecule has 28 heavy (non-hydrogen) atoms. The minimum absolute atomic E-state index is 0.144. The van der Waals surface area contributed by atoms with Gasteiger partial charge in [-0.1, -0.05) is 35.9 Å². The van der Waals surface area contributed by atoms with E-state index in [9.17, 15) is 9.59 Å². The van der Waals surface area contributed by atoms with E-state index in [0.717, 1.165) is 16.7 Å². The molecule has 0 saturated carbocycles. The molecule has 0 bridgehead atoms. The van der Waals surface area contributed by atoms with Gasteiger partial charge in [-0.3, -0.25) is 9.59 Å². The second-order valence-corrected chi connectivity index (χ2v) is 7.22. The summed E-state index contributed by atoms with van der Waals surface area (Å²) in [5.41, 5.74) is 2.86. The molecule has 1 atom stereocenters. The molecule has 0 unspecified atom stereocenters. The Balaban J connectivity index is 2.17. The van der Waals surface area contributed by atoms with E-state index in [1.807, 2.05) is 51.1 Å². The van der Waals surface area contributed by atoms with Gasteiger partial charge in [0.25, 0.3) is 5.91 Å². The largest absolute Gasteiger partial charge is 0.483 e. The highest BCUT2D eigenvalue weighted by atomic mass is 35.5. The van der Waals surface area contributed by atoms with Gasteiger partial charge in [0.1, 0.15) is 11.8 Å². The van der Waals surface area contributed by atoms with Crippen molar-refractivity contribution >= 4 is 23.4 Å². The van der Waals surface area contributed by atoms with Crippen molar-refractivity contribution in [1.29, 1.82) is 0 Å². The second kappa shape index (κ2) is 10.1. The molecular weight excluding hydrogens is 376 g/mol. The minimum Gasteiger partial charge on any atom is -0.483 e. The molecule has 0 aliphatic heterocycles. The normalized spacial score (nSPS) is 11.6. The van der Waals surface area contributed by atoms with Crippen LogP contribution in [0.15, 0.2) is 42.5 Å². The SMILES string of the molecule is CCNC(=O)[C@H](C)N(Cc1cccc(Cl)c1)C(=O)COc1cc(C)ccc1C. The molecule has 1 N–H and O–H groups in total. The molecule has 0 aromatic heterocycles. The summed E-state index contributed by atoms with van der Waals surface area (Å²) in [4.78, 5) is 26.8. The Hall–Kier alpha value is -2.53. The van der Waals surface area contributed by atoms with Crippen molar-refractivity contribution in [2.75, 3.05) is 13.2 Å². The number of carbonyl (C=O) groups excluding carboxylic acids is 2. The lowest BCUT2D eigenvalue weighted by atomic mass is 10.1. The number of ether oxygens (including phenoxy) is 1. The Morgan fingerprint density at radius 1 is 1.18 bits per heavy atom. The third kappa shape index (κ3) is 5.99. The number of nitrogens with one attached hydrogen (secondary N) is 1. The van der Waals surface area contributed by atoms with Crippen LogP contribution >= 0.6 is 11.6 Å². The van der Waals surface area contributed by atoms with Crippen molar-refractivity contribution in [3.63, 3.8) is 0 Å². The number of benzene rings is 2. The summed E-state index contributed by atoms with van der Waals surface area (Å²) in [5, 5.41) is 3.35. The predicted octanol–water partition coefficient (Wildman–Crippen LogP) is 3.89. The first-order valence-corrected chi connectivity index (χ1v) is 9.71. The topological polar surface area (TPSA) is 58.6 Å². The lowest BCUT2D eigenvalue weighted by Crippen LogP contribution is -2.49. The van der Waals surface area contributed by atoms with Crippen LogP contribution in [0.5, 0.6) is 5.75 Å². The maximum Gasteiger partial charge on any atom is 0.261 e. The molecule has 5 nitrogen and oxygen atoms in total. The fourth-order valence-electron chi connectivity index (χ4n) is 2.82. The van der Waals surface area contributed by atoms with Crippen LogP contribution in [-0.4, -0.2) is 35.9 Å². The summed E-state index contributed by atoms with van der Waals surface area (Å²) in [5.74, 6) is 0.200. The molecule has 0 heterocycles. The van der Waals surface area contributed by atoms with Gasteiger partial charge >= 0.3 is 0 Å². The summed E-state index contributed by atoms with van der Waals surface area (Å²) >= 11 is 6.07. The molecule has 2 aromatic carbocycles. The minimum atomic E-state index is -0.631. The molecular formula is C22H27ClN2O3. The van der Waals surface area contributed by atoms with Crippen molar-refractivity contribution in [3.8, 4) is 5.75 Å². The van der Waals surface area contributed by atoms with Crippen LogP contribution in [0.4, 0.5) is 0 Å². The van der Waals surface area contributed by atoms with Gasteiger partial charge in [0.2, 0.25) is 5.91 Å². The van der Waals surface area contributed by atoms with E-state index in [1.165, 1.54) is 4.90 Å². The van der Waals surface area contributed by atoms with E-state index in [1.54, 1.807) is 19.1 Å². The second-order valence-electron chi connectivity index (χ2n) is 6.78. The van der Waals surface area contributed by atoms with Gasteiger partial charge in [-0.05, 0) is 62.6 Å². The lowest BCUT2D eigenvalue weighted by Gasteiger charge is -2.28. The average Bonchev–Trinajstić information content (AvgIpc) is 2.66. The third-order valence-electron chi connectivity index (χ3n) is 4.46. The lowest BCUT2D eigenvalue weighted by molar-refractivity contribution is -0.142. The van der Waals surface area contributed by atoms with E-state index >= 15 is 0 Å². The summed E-state index contributed by atoms with van der Waals surface area (Å²) in [7, 11) is 0. The number of hydrogen-bond donors (Lipinski definition) is 1. The Bertz CT molecular complexity index is 838. The zero-order valence-electron chi connectivity index (χ0n) is 16.8. The van der Waals surface area contributed by atoms with E-state index in [2.05, 4.69) is 5.32 Å². The number of hydrogen-bond acceptors (Lipinski definition) is 3. The number of nitrogens with zero attached hydrogens (tertiary/aromatic N) is 1. The predicted molar refractivity (Wildman–Crippen MR) is 112 cm³/mol. The van der Waals surface area contributed by atoms with Crippen molar-refractivity contribution in [3.05, 3.63) is 64.2 Å². The molecule has 0 fully saturated rings. The number of rotatable bonds is 8. The molecule has 2 amide bonds. The molecule has 2 aromatic rings. The Morgan fingerprint density at radius 2 is 1.93 bits per heavy atom. The van der Waals surface area contributed by atoms with Gasteiger partial charge in [-0.25, -0.2) is 0 Å². The van der Waals surface area contributed by atoms with Gasteiger partial charge in [0.15, 0.2) is 6.61 Å². The van der Waals surface area contributed by atoms with Crippen molar-refractivity contribution in [2.24, 2.45) is 0 Å². The first-order chi connectivity index (χ1) is 13.3. The standard InChI is InChI=1S/C22H27ClN2O3/c1-5-24-22(27)17(4)25(13-18-7-6-8-19(23)12-18)21(26)14-28-20-11-15(2)9-10-16(20)3/h6-12,17H,5,13-14H2,1-4H3,(H,24,27)/t17-/m0/s1. The first kappa shape index (κ1) is 21.8. The number of amides is 2. The van der Waals surface area contributed by atoms with Crippen molar-refractivity contribution < 1.29 is 14.3 Å². The van der Waals surface area contributed by atoms with Gasteiger partial charge in [-0.2, -0.15) is 0 Å². The van der Waals surface area contributed by atoms with E-state index in [-0.39, 0.29) is 25.0 Å². The maximum atomic E-state index is 12.9. The molecule has 0 saturated heterocycles. The summed E-state index contributed by atoms with van der Waals surface area (Å²) < 4.78 is 5.76. The van der Waals surface area contributed by atoms with Crippen LogP contribution < -0.4 is 10.1 Å². The molecule has 6 heteroatoms. The highest BCUT2D eigenvalue weighted by molar-refractivity contribution is 6.30. The smallest absolute Gasteiger partial charge is 0.261 e. The van der Waals surface area contributed by atoms with E-state index in [0.29, 0.717) is 17.3 Å². The molecule has 2 rings (SSSR count). The summed E-state index contributed by atoms with van der Waals surface area (Å²) in [6.45, 7) is 8.09. The van der Waals surface area contributed by atoms with E-state index in [4.69, 9.17) is 16.3 Å². The third-order valence-corrected chi connectivity index (χ3v) is 4.69.